The van der Waals surface area contributed by atoms with Crippen molar-refractivity contribution in [3.63, 3.8) is 0 Å². The summed E-state index contributed by atoms with van der Waals surface area (Å²) >= 11 is 1.25. The summed E-state index contributed by atoms with van der Waals surface area (Å²) < 4.78 is 73.9. The van der Waals surface area contributed by atoms with Crippen LogP contribution in [0.15, 0.2) is 67.3 Å². The number of likely N-dealkylation sites (N-methyl/N-ethyl adjacent to an activating group) is 2. The van der Waals surface area contributed by atoms with Gasteiger partial charge in [-0.05, 0) is 44.3 Å². The van der Waals surface area contributed by atoms with Crippen molar-refractivity contribution in [1.82, 2.24) is 29.5 Å². The predicted molar refractivity (Wildman–Crippen MR) is 209 cm³/mol. The number of halogens is 3. The number of rotatable bonds is 16. The first-order chi connectivity index (χ1) is 28.2. The molecule has 3 heterocycles. The first kappa shape index (κ1) is 44.8. The van der Waals surface area contributed by atoms with Crippen LogP contribution in [-0.4, -0.2) is 137 Å². The minimum Gasteiger partial charge on any atom is -0.424 e. The highest BCUT2D eigenvalue weighted by Crippen LogP contribution is 2.42. The fourth-order valence-corrected chi connectivity index (χ4v) is 7.64. The van der Waals surface area contributed by atoms with Crippen LogP contribution >= 0.6 is 11.8 Å². The molecule has 2 aromatic carbocycles. The molecule has 5 rings (SSSR count). The second-order valence-corrected chi connectivity index (χ2v) is 15.6. The van der Waals surface area contributed by atoms with E-state index in [1.807, 2.05) is 18.0 Å². The van der Waals surface area contributed by atoms with Gasteiger partial charge in [0.05, 0.1) is 43.2 Å². The number of hydrogen-bond acceptors (Lipinski definition) is 14. The average Bonchev–Trinajstić information content (AvgIpc) is 3.71. The first-order valence-electron chi connectivity index (χ1n) is 18.7. The van der Waals surface area contributed by atoms with E-state index in [0.29, 0.717) is 11.6 Å². The fraction of sp³-hybridized carbons (Fsp3) is 0.450. The molecule has 0 radical (unpaired) electrons. The van der Waals surface area contributed by atoms with Crippen LogP contribution in [0.4, 0.5) is 18.0 Å². The van der Waals surface area contributed by atoms with Crippen molar-refractivity contribution < 1.29 is 51.2 Å². The SMILES string of the molecule is CC(OC(=O)CN(C)C(=O)CN1CCN(C)CC1)OC(=O)O[C@@](Cn1cncn1)(c1ccc(F)cc1F)[C@@H](C)SC1COC(/C=C/C=C/c2ccc(C#N)cc2F)OC1. The maximum Gasteiger partial charge on any atom is 0.512 e. The lowest BCUT2D eigenvalue weighted by atomic mass is 9.89. The summed E-state index contributed by atoms with van der Waals surface area (Å²) in [6, 6.07) is 8.90. The number of amides is 1. The van der Waals surface area contributed by atoms with Crippen molar-refractivity contribution in [1.29, 1.82) is 5.26 Å². The van der Waals surface area contributed by atoms with Gasteiger partial charge < -0.3 is 33.5 Å². The quantitative estimate of drug-likeness (QED) is 0.114. The minimum absolute atomic E-state index is 0.138. The molecular formula is C40H46F3N7O8S. The van der Waals surface area contributed by atoms with E-state index in [-0.39, 0.29) is 48.6 Å². The lowest BCUT2D eigenvalue weighted by Crippen LogP contribution is -2.49. The lowest BCUT2D eigenvalue weighted by Gasteiger charge is -2.40. The van der Waals surface area contributed by atoms with Gasteiger partial charge in [-0.3, -0.25) is 14.5 Å². The normalized spacial score (nSPS) is 19.8. The summed E-state index contributed by atoms with van der Waals surface area (Å²) in [5.74, 6) is -3.53. The van der Waals surface area contributed by atoms with Crippen LogP contribution in [0.2, 0.25) is 0 Å². The van der Waals surface area contributed by atoms with E-state index in [1.165, 1.54) is 66.2 Å². The molecule has 316 valence electrons. The average molecular weight is 842 g/mol. The van der Waals surface area contributed by atoms with Gasteiger partial charge in [0.2, 0.25) is 12.2 Å². The summed E-state index contributed by atoms with van der Waals surface area (Å²) in [5, 5.41) is 11.9. The van der Waals surface area contributed by atoms with Crippen molar-refractivity contribution >= 4 is 35.9 Å². The Morgan fingerprint density at radius 3 is 2.46 bits per heavy atom. The number of allylic oxidation sites excluding steroid dienone is 2. The minimum atomic E-state index is -1.92. The molecule has 2 fully saturated rings. The Morgan fingerprint density at radius 2 is 1.80 bits per heavy atom. The van der Waals surface area contributed by atoms with E-state index in [9.17, 15) is 23.2 Å². The Morgan fingerprint density at radius 1 is 1.05 bits per heavy atom. The molecule has 59 heavy (non-hydrogen) atoms. The zero-order valence-electron chi connectivity index (χ0n) is 33.0. The van der Waals surface area contributed by atoms with Crippen LogP contribution < -0.4 is 0 Å². The third-order valence-corrected chi connectivity index (χ3v) is 11.0. The van der Waals surface area contributed by atoms with Gasteiger partial charge in [0.1, 0.15) is 36.7 Å². The van der Waals surface area contributed by atoms with Gasteiger partial charge in [-0.15, -0.1) is 11.8 Å². The topological polar surface area (TPSA) is 162 Å². The van der Waals surface area contributed by atoms with E-state index >= 15 is 4.39 Å². The van der Waals surface area contributed by atoms with E-state index in [2.05, 4.69) is 15.0 Å². The van der Waals surface area contributed by atoms with Crippen LogP contribution in [0.5, 0.6) is 0 Å². The van der Waals surface area contributed by atoms with Gasteiger partial charge in [-0.25, -0.2) is 27.6 Å². The molecule has 2 saturated heterocycles. The van der Waals surface area contributed by atoms with Crippen molar-refractivity contribution in [3.05, 3.63) is 101 Å². The Labute approximate surface area is 344 Å². The molecule has 0 spiro atoms. The Balaban J connectivity index is 1.23. The number of thioether (sulfide) groups is 1. The van der Waals surface area contributed by atoms with Crippen LogP contribution in [0.3, 0.4) is 0 Å². The van der Waals surface area contributed by atoms with E-state index in [4.69, 9.17) is 28.9 Å². The van der Waals surface area contributed by atoms with Crippen molar-refractivity contribution in [3.8, 4) is 6.07 Å². The highest BCUT2D eigenvalue weighted by atomic mass is 32.2. The van der Waals surface area contributed by atoms with Gasteiger partial charge in [0.25, 0.3) is 0 Å². The molecule has 1 amide bonds. The highest BCUT2D eigenvalue weighted by molar-refractivity contribution is 8.00. The number of carbonyl (C=O) groups is 3. The molecule has 0 saturated carbocycles. The first-order valence-corrected chi connectivity index (χ1v) is 19.6. The van der Waals surface area contributed by atoms with Gasteiger partial charge in [0, 0.05) is 62.6 Å². The molecule has 0 bridgehead atoms. The molecule has 0 aliphatic carbocycles. The number of esters is 1. The fourth-order valence-electron chi connectivity index (χ4n) is 6.28. The van der Waals surface area contributed by atoms with Crippen molar-refractivity contribution in [2.75, 3.05) is 66.6 Å². The van der Waals surface area contributed by atoms with E-state index < -0.39 is 59.6 Å². The predicted octanol–water partition coefficient (Wildman–Crippen LogP) is 4.34. The maximum atomic E-state index is 15.8. The molecule has 19 heteroatoms. The molecule has 2 aliphatic rings. The zero-order valence-corrected chi connectivity index (χ0v) is 33.9. The number of benzene rings is 2. The molecule has 2 aliphatic heterocycles. The van der Waals surface area contributed by atoms with Crippen LogP contribution in [0.1, 0.15) is 30.5 Å². The van der Waals surface area contributed by atoms with Gasteiger partial charge >= 0.3 is 12.1 Å². The standard InChI is InChI=1S/C40H46F3N7O8S/c1-27(59-32-22-54-38(55-23-32)8-6-5-7-30-10-9-29(19-44)17-34(30)42)40(24-50-26-45-25-46-50,33-12-11-31(41)18-35(33)43)58-39(53)57-28(2)56-37(52)21-48(4)36(51)20-49-15-13-47(3)14-16-49/h5-12,17-18,25-28,32,38H,13-16,20-24H2,1-4H3/b7-5+,8-6+/t27-,28?,32?,38?,40-/m1/s1. The number of piperazine rings is 1. The Kier molecular flexibility index (Phi) is 16.1. The Bertz CT molecular complexity index is 2000. The van der Waals surface area contributed by atoms with Gasteiger partial charge in [0.15, 0.2) is 11.9 Å². The third-order valence-electron chi connectivity index (χ3n) is 9.55. The number of ether oxygens (including phenoxy) is 5. The summed E-state index contributed by atoms with van der Waals surface area (Å²) in [6.45, 7) is 5.81. The molecule has 1 aromatic heterocycles. The van der Waals surface area contributed by atoms with E-state index in [1.54, 1.807) is 25.2 Å². The smallest absolute Gasteiger partial charge is 0.424 e. The molecule has 1 unspecified atom stereocenters. The van der Waals surface area contributed by atoms with Crippen LogP contribution in [0.25, 0.3) is 6.08 Å². The second kappa shape index (κ2) is 21.1. The van der Waals surface area contributed by atoms with Crippen molar-refractivity contribution in [2.45, 2.75) is 49.1 Å². The van der Waals surface area contributed by atoms with Crippen LogP contribution in [-0.2, 0) is 45.4 Å². The number of nitriles is 1. The lowest BCUT2D eigenvalue weighted by molar-refractivity contribution is -0.174. The molecule has 15 nitrogen and oxygen atoms in total. The molecule has 0 N–H and O–H groups in total. The summed E-state index contributed by atoms with van der Waals surface area (Å²) in [4.78, 5) is 48.4. The summed E-state index contributed by atoms with van der Waals surface area (Å²) in [5.41, 5.74) is -1.60. The van der Waals surface area contributed by atoms with Crippen LogP contribution in [0, 0.1) is 28.8 Å². The number of hydrogen-bond donors (Lipinski definition) is 0. The summed E-state index contributed by atoms with van der Waals surface area (Å²) in [7, 11) is 3.47. The van der Waals surface area contributed by atoms with Crippen molar-refractivity contribution in [2.24, 2.45) is 0 Å². The number of carbonyl (C=O) groups excluding carboxylic acids is 3. The molecule has 3 atom stereocenters. The Hall–Kier alpha value is -5.26. The number of nitrogens with zero attached hydrogens (tertiary/aromatic N) is 7. The second-order valence-electron chi connectivity index (χ2n) is 14.0. The molecule has 3 aromatic rings. The van der Waals surface area contributed by atoms with Gasteiger partial charge in [-0.1, -0.05) is 24.3 Å². The number of aromatic nitrogens is 3. The zero-order chi connectivity index (χ0) is 42.5. The molecular weight excluding hydrogens is 796 g/mol. The highest BCUT2D eigenvalue weighted by Gasteiger charge is 2.47. The van der Waals surface area contributed by atoms with Gasteiger partial charge in [-0.2, -0.15) is 10.4 Å². The monoisotopic (exact) mass is 841 g/mol. The van der Waals surface area contributed by atoms with E-state index in [0.717, 1.165) is 44.4 Å². The maximum absolute atomic E-state index is 15.8. The third kappa shape index (κ3) is 12.9. The summed E-state index contributed by atoms with van der Waals surface area (Å²) in [6.07, 6.45) is 5.41. The largest absolute Gasteiger partial charge is 0.512 e.